The van der Waals surface area contributed by atoms with Crippen LogP contribution in [-0.2, 0) is 7.05 Å². The second kappa shape index (κ2) is 6.74. The average Bonchev–Trinajstić information content (AvgIpc) is 3.00. The molecule has 1 amide bonds. The molecule has 1 aliphatic rings. The summed E-state index contributed by atoms with van der Waals surface area (Å²) in [5, 5.41) is 8.43. The second-order valence-corrected chi connectivity index (χ2v) is 6.77. The topological polar surface area (TPSA) is 75.9 Å². The number of carbonyl (C=O) groups excluding carboxylic acids is 1. The number of aryl methyl sites for hydroxylation is 2. The number of nitrogens with one attached hydrogen (secondary N) is 1. The van der Waals surface area contributed by atoms with E-state index in [4.69, 9.17) is 0 Å². The predicted molar refractivity (Wildman–Crippen MR) is 100 cm³/mol. The third-order valence-electron chi connectivity index (χ3n) is 4.92. The molecule has 0 aliphatic carbocycles. The maximum atomic E-state index is 12.5. The van der Waals surface area contributed by atoms with Gasteiger partial charge in [0.05, 0.1) is 5.52 Å². The Morgan fingerprint density at radius 3 is 2.92 bits per heavy atom. The molecule has 1 atom stereocenters. The normalized spacial score (nSPS) is 17.5. The van der Waals surface area contributed by atoms with E-state index in [1.165, 1.54) is 0 Å². The van der Waals surface area contributed by atoms with Gasteiger partial charge in [0.25, 0.3) is 5.91 Å². The van der Waals surface area contributed by atoms with Gasteiger partial charge in [0.2, 0.25) is 0 Å². The summed E-state index contributed by atoms with van der Waals surface area (Å²) in [4.78, 5) is 23.6. The van der Waals surface area contributed by atoms with E-state index in [1.807, 2.05) is 44.3 Å². The molecule has 0 radical (unpaired) electrons. The quantitative estimate of drug-likeness (QED) is 0.783. The SMILES string of the molecule is Cc1cc(C(=O)NC2CCCN(c3ncnc4ccccc34)C2)nn1C. The highest BCUT2D eigenvalue weighted by Gasteiger charge is 2.24. The van der Waals surface area contributed by atoms with Crippen LogP contribution in [0.4, 0.5) is 5.82 Å². The van der Waals surface area contributed by atoms with E-state index in [1.54, 1.807) is 11.0 Å². The van der Waals surface area contributed by atoms with E-state index in [0.29, 0.717) is 5.69 Å². The molecule has 1 aromatic carbocycles. The third kappa shape index (κ3) is 3.12. The average molecular weight is 350 g/mol. The minimum absolute atomic E-state index is 0.0762. The number of piperidine rings is 1. The van der Waals surface area contributed by atoms with Crippen LogP contribution in [0.25, 0.3) is 10.9 Å². The lowest BCUT2D eigenvalue weighted by Gasteiger charge is -2.34. The van der Waals surface area contributed by atoms with Gasteiger partial charge in [-0.15, -0.1) is 0 Å². The molecular weight excluding hydrogens is 328 g/mol. The Bertz CT molecular complexity index is 925. The van der Waals surface area contributed by atoms with Crippen LogP contribution in [0.5, 0.6) is 0 Å². The molecular formula is C19H22N6O. The summed E-state index contributed by atoms with van der Waals surface area (Å²) in [6.07, 6.45) is 3.57. The Labute approximate surface area is 152 Å². The number of benzene rings is 1. The van der Waals surface area contributed by atoms with Gasteiger partial charge in [0, 0.05) is 37.3 Å². The number of amides is 1. The molecule has 7 nitrogen and oxygen atoms in total. The van der Waals surface area contributed by atoms with E-state index in [9.17, 15) is 4.79 Å². The van der Waals surface area contributed by atoms with Gasteiger partial charge in [-0.1, -0.05) is 12.1 Å². The minimum atomic E-state index is -0.118. The smallest absolute Gasteiger partial charge is 0.272 e. The van der Waals surface area contributed by atoms with Crippen molar-refractivity contribution >= 4 is 22.6 Å². The van der Waals surface area contributed by atoms with E-state index in [0.717, 1.165) is 48.3 Å². The van der Waals surface area contributed by atoms with Crippen LogP contribution in [-0.4, -0.2) is 44.8 Å². The Hall–Kier alpha value is -2.96. The number of anilines is 1. The zero-order valence-corrected chi connectivity index (χ0v) is 15.0. The van der Waals surface area contributed by atoms with Crippen molar-refractivity contribution in [1.82, 2.24) is 25.1 Å². The number of hydrogen-bond donors (Lipinski definition) is 1. The van der Waals surface area contributed by atoms with E-state index >= 15 is 0 Å². The maximum absolute atomic E-state index is 12.5. The third-order valence-corrected chi connectivity index (χ3v) is 4.92. The zero-order valence-electron chi connectivity index (χ0n) is 15.0. The summed E-state index contributed by atoms with van der Waals surface area (Å²) in [5.41, 5.74) is 2.37. The summed E-state index contributed by atoms with van der Waals surface area (Å²) in [7, 11) is 1.84. The fraction of sp³-hybridized carbons (Fsp3) is 0.368. The standard InChI is InChI=1S/C19H22N6O/c1-13-10-17(23-24(13)2)19(26)22-14-6-5-9-25(11-14)18-15-7-3-4-8-16(15)20-12-21-18/h3-4,7-8,10,12,14H,5-6,9,11H2,1-2H3,(H,22,26). The zero-order chi connectivity index (χ0) is 18.1. The van der Waals surface area contributed by atoms with Gasteiger partial charge in [-0.25, -0.2) is 9.97 Å². The number of nitrogens with zero attached hydrogens (tertiary/aromatic N) is 5. The molecule has 1 fully saturated rings. The van der Waals surface area contributed by atoms with Crippen molar-refractivity contribution < 1.29 is 4.79 Å². The van der Waals surface area contributed by atoms with Crippen LogP contribution < -0.4 is 10.2 Å². The van der Waals surface area contributed by atoms with Crippen molar-refractivity contribution in [3.63, 3.8) is 0 Å². The molecule has 0 spiro atoms. The molecule has 26 heavy (non-hydrogen) atoms. The van der Waals surface area contributed by atoms with Gasteiger partial charge in [-0.2, -0.15) is 5.10 Å². The van der Waals surface area contributed by atoms with Crippen molar-refractivity contribution in [1.29, 1.82) is 0 Å². The Morgan fingerprint density at radius 2 is 2.12 bits per heavy atom. The molecule has 4 rings (SSSR count). The summed E-state index contributed by atoms with van der Waals surface area (Å²) in [6.45, 7) is 3.60. The van der Waals surface area contributed by atoms with E-state index in [-0.39, 0.29) is 11.9 Å². The number of hydrogen-bond acceptors (Lipinski definition) is 5. The Balaban J connectivity index is 1.51. The lowest BCUT2D eigenvalue weighted by atomic mass is 10.0. The molecule has 1 unspecified atom stereocenters. The first kappa shape index (κ1) is 16.5. The fourth-order valence-corrected chi connectivity index (χ4v) is 3.46. The van der Waals surface area contributed by atoms with E-state index in [2.05, 4.69) is 25.3 Å². The first-order valence-corrected chi connectivity index (χ1v) is 8.88. The molecule has 1 N–H and O–H groups in total. The van der Waals surface area contributed by atoms with Crippen molar-refractivity contribution in [3.8, 4) is 0 Å². The van der Waals surface area contributed by atoms with Crippen molar-refractivity contribution in [2.75, 3.05) is 18.0 Å². The van der Waals surface area contributed by atoms with Crippen LogP contribution in [0.1, 0.15) is 29.0 Å². The molecule has 1 saturated heterocycles. The molecule has 1 aliphatic heterocycles. The largest absolute Gasteiger partial charge is 0.354 e. The van der Waals surface area contributed by atoms with Gasteiger partial charge in [0.1, 0.15) is 17.8 Å². The van der Waals surface area contributed by atoms with Crippen LogP contribution in [0, 0.1) is 6.92 Å². The van der Waals surface area contributed by atoms with Gasteiger partial charge >= 0.3 is 0 Å². The van der Waals surface area contributed by atoms with E-state index < -0.39 is 0 Å². The number of para-hydroxylation sites is 1. The van der Waals surface area contributed by atoms with Gasteiger partial charge < -0.3 is 10.2 Å². The van der Waals surface area contributed by atoms with Crippen molar-refractivity contribution in [2.45, 2.75) is 25.8 Å². The highest BCUT2D eigenvalue weighted by atomic mass is 16.2. The number of rotatable bonds is 3. The summed E-state index contributed by atoms with van der Waals surface area (Å²) >= 11 is 0. The van der Waals surface area contributed by atoms with Gasteiger partial charge in [-0.05, 0) is 38.0 Å². The van der Waals surface area contributed by atoms with Crippen LogP contribution >= 0.6 is 0 Å². The minimum Gasteiger partial charge on any atom is -0.354 e. The Morgan fingerprint density at radius 1 is 1.27 bits per heavy atom. The maximum Gasteiger partial charge on any atom is 0.272 e. The Kier molecular flexibility index (Phi) is 4.28. The first-order valence-electron chi connectivity index (χ1n) is 8.88. The fourth-order valence-electron chi connectivity index (χ4n) is 3.46. The lowest BCUT2D eigenvalue weighted by Crippen LogP contribution is -2.48. The molecule has 0 saturated carbocycles. The highest BCUT2D eigenvalue weighted by molar-refractivity contribution is 5.93. The van der Waals surface area contributed by atoms with Crippen LogP contribution in [0.15, 0.2) is 36.7 Å². The molecule has 0 bridgehead atoms. The predicted octanol–water partition coefficient (Wildman–Crippen LogP) is 2.07. The molecule has 3 aromatic rings. The number of fused-ring (bicyclic) bond motifs is 1. The van der Waals surface area contributed by atoms with Crippen molar-refractivity contribution in [2.24, 2.45) is 7.05 Å². The van der Waals surface area contributed by atoms with Crippen LogP contribution in [0.2, 0.25) is 0 Å². The highest BCUT2D eigenvalue weighted by Crippen LogP contribution is 2.25. The van der Waals surface area contributed by atoms with Gasteiger partial charge in [0.15, 0.2) is 0 Å². The second-order valence-electron chi connectivity index (χ2n) is 6.77. The number of aromatic nitrogens is 4. The monoisotopic (exact) mass is 350 g/mol. The van der Waals surface area contributed by atoms with Crippen molar-refractivity contribution in [3.05, 3.63) is 48.0 Å². The molecule has 7 heteroatoms. The summed E-state index contributed by atoms with van der Waals surface area (Å²) < 4.78 is 1.72. The van der Waals surface area contributed by atoms with Crippen LogP contribution in [0.3, 0.4) is 0 Å². The summed E-state index contributed by atoms with van der Waals surface area (Å²) in [6, 6.07) is 9.91. The molecule has 134 valence electrons. The molecule has 2 aromatic heterocycles. The molecule has 3 heterocycles. The van der Waals surface area contributed by atoms with Gasteiger partial charge in [-0.3, -0.25) is 9.48 Å². The summed E-state index contributed by atoms with van der Waals surface area (Å²) in [5.74, 6) is 0.816. The number of carbonyl (C=O) groups is 1. The first-order chi connectivity index (χ1) is 12.6. The lowest BCUT2D eigenvalue weighted by molar-refractivity contribution is 0.0927.